The van der Waals surface area contributed by atoms with E-state index in [1.54, 1.807) is 0 Å². The molecule has 0 saturated carbocycles. The predicted molar refractivity (Wildman–Crippen MR) is 81.2 cm³/mol. The van der Waals surface area contributed by atoms with Gasteiger partial charge in [0.1, 0.15) is 0 Å². The molecule has 1 aliphatic heterocycles. The van der Waals surface area contributed by atoms with Crippen LogP contribution in [-0.2, 0) is 5.54 Å². The number of rotatable bonds is 4. The minimum atomic E-state index is -0.0623. The maximum absolute atomic E-state index is 6.15. The topological polar surface area (TPSA) is 41.6 Å². The average Bonchev–Trinajstić information content (AvgIpc) is 2.77. The molecule has 0 aromatic heterocycles. The van der Waals surface area contributed by atoms with Crippen LogP contribution in [0.4, 0.5) is 0 Å². The molecule has 1 aromatic carbocycles. The zero-order chi connectivity index (χ0) is 14.0. The second-order valence-electron chi connectivity index (χ2n) is 5.55. The Morgan fingerprint density at radius 3 is 2.47 bits per heavy atom. The maximum atomic E-state index is 6.15. The predicted octanol–water partition coefficient (Wildman–Crippen LogP) is 3.03. The largest absolute Gasteiger partial charge is 0.370 e. The summed E-state index contributed by atoms with van der Waals surface area (Å²) >= 11 is 0. The fourth-order valence-corrected chi connectivity index (χ4v) is 2.99. The fraction of sp³-hybridized carbons (Fsp3) is 0.562. The monoisotopic (exact) mass is 259 g/mol. The van der Waals surface area contributed by atoms with Gasteiger partial charge in [0.2, 0.25) is 0 Å². The number of aliphatic imine (C=N–C) groups is 1. The van der Waals surface area contributed by atoms with Gasteiger partial charge in [0, 0.05) is 6.04 Å². The zero-order valence-electron chi connectivity index (χ0n) is 12.5. The van der Waals surface area contributed by atoms with E-state index in [9.17, 15) is 0 Å². The van der Waals surface area contributed by atoms with Crippen molar-refractivity contribution < 1.29 is 0 Å². The molecule has 2 unspecified atom stereocenters. The van der Waals surface area contributed by atoms with Gasteiger partial charge in [0.05, 0.1) is 12.1 Å². The SMILES string of the molecule is CCC(C)N1C(N)=NCC1(CC)c1ccc(C)cc1. The lowest BCUT2D eigenvalue weighted by Gasteiger charge is -2.42. The van der Waals surface area contributed by atoms with Crippen molar-refractivity contribution in [1.29, 1.82) is 0 Å². The van der Waals surface area contributed by atoms with Crippen molar-refractivity contribution in [2.75, 3.05) is 6.54 Å². The molecule has 0 bridgehead atoms. The molecular weight excluding hydrogens is 234 g/mol. The molecule has 0 amide bonds. The van der Waals surface area contributed by atoms with Crippen molar-refractivity contribution in [3.05, 3.63) is 35.4 Å². The third-order valence-electron chi connectivity index (χ3n) is 4.42. The summed E-state index contributed by atoms with van der Waals surface area (Å²) in [7, 11) is 0. The van der Waals surface area contributed by atoms with Gasteiger partial charge in [-0.3, -0.25) is 4.99 Å². The number of nitrogens with two attached hydrogens (primary N) is 1. The molecule has 2 N–H and O–H groups in total. The third kappa shape index (κ3) is 2.22. The highest BCUT2D eigenvalue weighted by atomic mass is 15.4. The number of benzene rings is 1. The molecule has 3 nitrogen and oxygen atoms in total. The van der Waals surface area contributed by atoms with Crippen LogP contribution in [0, 0.1) is 6.92 Å². The van der Waals surface area contributed by atoms with E-state index in [1.165, 1.54) is 11.1 Å². The van der Waals surface area contributed by atoms with Gasteiger partial charge in [0.15, 0.2) is 5.96 Å². The first-order valence-corrected chi connectivity index (χ1v) is 7.21. The highest BCUT2D eigenvalue weighted by molar-refractivity contribution is 5.81. The Hall–Kier alpha value is -1.51. The Kier molecular flexibility index (Phi) is 3.83. The second kappa shape index (κ2) is 5.24. The van der Waals surface area contributed by atoms with Crippen LogP contribution in [0.3, 0.4) is 0 Å². The van der Waals surface area contributed by atoms with Crippen molar-refractivity contribution in [2.45, 2.75) is 52.1 Å². The van der Waals surface area contributed by atoms with Crippen LogP contribution in [0.25, 0.3) is 0 Å². The molecule has 1 aromatic rings. The highest BCUT2D eigenvalue weighted by Crippen LogP contribution is 2.38. The Bertz CT molecular complexity index is 463. The van der Waals surface area contributed by atoms with E-state index in [0.717, 1.165) is 19.4 Å². The van der Waals surface area contributed by atoms with E-state index < -0.39 is 0 Å². The lowest BCUT2D eigenvalue weighted by molar-refractivity contribution is 0.146. The molecule has 19 heavy (non-hydrogen) atoms. The van der Waals surface area contributed by atoms with Gasteiger partial charge in [-0.05, 0) is 32.3 Å². The van der Waals surface area contributed by atoms with Gasteiger partial charge in [0.25, 0.3) is 0 Å². The normalized spacial score (nSPS) is 24.4. The first-order valence-electron chi connectivity index (χ1n) is 7.21. The quantitative estimate of drug-likeness (QED) is 0.903. The smallest absolute Gasteiger partial charge is 0.192 e. The van der Waals surface area contributed by atoms with Crippen LogP contribution in [0.1, 0.15) is 44.7 Å². The maximum Gasteiger partial charge on any atom is 0.192 e. The van der Waals surface area contributed by atoms with E-state index in [0.29, 0.717) is 12.0 Å². The third-order valence-corrected chi connectivity index (χ3v) is 4.42. The number of nitrogens with zero attached hydrogens (tertiary/aromatic N) is 2. The first-order chi connectivity index (χ1) is 9.05. The van der Waals surface area contributed by atoms with Crippen LogP contribution in [0.2, 0.25) is 0 Å². The summed E-state index contributed by atoms with van der Waals surface area (Å²) in [4.78, 5) is 6.85. The van der Waals surface area contributed by atoms with Crippen molar-refractivity contribution >= 4 is 5.96 Å². The molecule has 0 spiro atoms. The van der Waals surface area contributed by atoms with Crippen LogP contribution >= 0.6 is 0 Å². The average molecular weight is 259 g/mol. The van der Waals surface area contributed by atoms with Gasteiger partial charge < -0.3 is 10.6 Å². The number of guanidine groups is 1. The molecule has 3 heteroatoms. The van der Waals surface area contributed by atoms with Crippen molar-refractivity contribution in [3.8, 4) is 0 Å². The van der Waals surface area contributed by atoms with Gasteiger partial charge in [-0.2, -0.15) is 0 Å². The van der Waals surface area contributed by atoms with Crippen LogP contribution in [0.5, 0.6) is 0 Å². The Labute approximate surface area is 116 Å². The summed E-state index contributed by atoms with van der Waals surface area (Å²) in [6, 6.07) is 9.21. The molecule has 0 fully saturated rings. The van der Waals surface area contributed by atoms with Gasteiger partial charge in [-0.1, -0.05) is 43.7 Å². The summed E-state index contributed by atoms with van der Waals surface area (Å²) in [6.07, 6.45) is 2.09. The van der Waals surface area contributed by atoms with E-state index in [4.69, 9.17) is 5.73 Å². The minimum absolute atomic E-state index is 0.0623. The molecule has 0 saturated heterocycles. The van der Waals surface area contributed by atoms with Crippen LogP contribution < -0.4 is 5.73 Å². The molecule has 1 aliphatic rings. The summed E-state index contributed by atoms with van der Waals surface area (Å²) in [6.45, 7) is 9.54. The molecule has 2 rings (SSSR count). The number of aryl methyl sites for hydroxylation is 1. The lowest BCUT2D eigenvalue weighted by Crippen LogP contribution is -2.53. The Morgan fingerprint density at radius 1 is 1.32 bits per heavy atom. The molecule has 0 radical (unpaired) electrons. The fourth-order valence-electron chi connectivity index (χ4n) is 2.99. The Balaban J connectivity index is 2.45. The van der Waals surface area contributed by atoms with Crippen molar-refractivity contribution in [1.82, 2.24) is 4.90 Å². The van der Waals surface area contributed by atoms with Crippen molar-refractivity contribution in [2.24, 2.45) is 10.7 Å². The van der Waals surface area contributed by atoms with Crippen LogP contribution in [0.15, 0.2) is 29.3 Å². The zero-order valence-corrected chi connectivity index (χ0v) is 12.5. The van der Waals surface area contributed by atoms with Crippen LogP contribution in [-0.4, -0.2) is 23.4 Å². The van der Waals surface area contributed by atoms with Gasteiger partial charge in [-0.25, -0.2) is 0 Å². The number of hydrogen-bond donors (Lipinski definition) is 1. The van der Waals surface area contributed by atoms with Crippen molar-refractivity contribution in [3.63, 3.8) is 0 Å². The standard InChI is InChI=1S/C16H25N3/c1-5-13(4)19-15(17)18-11-16(19,6-2)14-9-7-12(3)8-10-14/h7-10,13H,5-6,11H2,1-4H3,(H2,17,18). The van der Waals surface area contributed by atoms with E-state index >= 15 is 0 Å². The molecule has 2 atom stereocenters. The summed E-state index contributed by atoms with van der Waals surface area (Å²) in [5, 5.41) is 0. The first kappa shape index (κ1) is 13.9. The molecule has 1 heterocycles. The minimum Gasteiger partial charge on any atom is -0.370 e. The summed E-state index contributed by atoms with van der Waals surface area (Å²) in [5.74, 6) is 0.691. The number of hydrogen-bond acceptors (Lipinski definition) is 3. The molecule has 104 valence electrons. The molecular formula is C16H25N3. The van der Waals surface area contributed by atoms with Gasteiger partial charge in [-0.15, -0.1) is 0 Å². The highest BCUT2D eigenvalue weighted by Gasteiger charge is 2.43. The van der Waals surface area contributed by atoms with E-state index in [-0.39, 0.29) is 5.54 Å². The van der Waals surface area contributed by atoms with Gasteiger partial charge >= 0.3 is 0 Å². The van der Waals surface area contributed by atoms with E-state index in [2.05, 4.69) is 61.9 Å². The molecule has 0 aliphatic carbocycles. The lowest BCUT2D eigenvalue weighted by atomic mass is 9.84. The Morgan fingerprint density at radius 2 is 1.95 bits per heavy atom. The summed E-state index contributed by atoms with van der Waals surface area (Å²) < 4.78 is 0. The summed E-state index contributed by atoms with van der Waals surface area (Å²) in [5.41, 5.74) is 8.70. The second-order valence-corrected chi connectivity index (χ2v) is 5.55. The van der Waals surface area contributed by atoms with E-state index in [1.807, 2.05) is 0 Å².